The molecule has 0 unspecified atom stereocenters. The summed E-state index contributed by atoms with van der Waals surface area (Å²) in [5.41, 5.74) is 1.07. The average molecular weight is 330 g/mol. The largest absolute Gasteiger partial charge is 0.489 e. The Morgan fingerprint density at radius 1 is 1.24 bits per heavy atom. The number of halogens is 3. The molecule has 2 aromatic rings. The smallest absolute Gasteiger partial charge is 0.270 e. The van der Waals surface area contributed by atoms with Crippen LogP contribution in [0, 0.1) is 15.9 Å². The zero-order valence-electron chi connectivity index (χ0n) is 10.7. The van der Waals surface area contributed by atoms with E-state index in [0.29, 0.717) is 16.9 Å². The molecule has 110 valence electrons. The first kappa shape index (κ1) is 15.5. The first-order valence-corrected chi connectivity index (χ1v) is 6.82. The van der Waals surface area contributed by atoms with Crippen molar-refractivity contribution in [3.05, 3.63) is 68.5 Å². The third-order valence-corrected chi connectivity index (χ3v) is 3.39. The second-order valence-corrected chi connectivity index (χ2v) is 4.92. The van der Waals surface area contributed by atoms with Gasteiger partial charge in [-0.05, 0) is 23.8 Å². The van der Waals surface area contributed by atoms with E-state index in [9.17, 15) is 14.5 Å². The molecule has 0 aliphatic rings. The number of ether oxygens (including phenoxy) is 1. The van der Waals surface area contributed by atoms with Gasteiger partial charge in [-0.3, -0.25) is 10.1 Å². The molecule has 0 heterocycles. The lowest BCUT2D eigenvalue weighted by Crippen LogP contribution is -1.98. The molecule has 0 saturated heterocycles. The molecular weight excluding hydrogens is 320 g/mol. The molecule has 0 radical (unpaired) electrons. The van der Waals surface area contributed by atoms with Crippen LogP contribution in [0.3, 0.4) is 0 Å². The average Bonchev–Trinajstić information content (AvgIpc) is 2.45. The highest BCUT2D eigenvalue weighted by Crippen LogP contribution is 2.25. The highest BCUT2D eigenvalue weighted by molar-refractivity contribution is 6.31. The molecule has 2 aromatic carbocycles. The SMILES string of the molecule is O=[N+]([O-])c1ccc(COc2cc(F)cc(CCl)c2)c(Cl)c1. The van der Waals surface area contributed by atoms with Crippen LogP contribution in [0.25, 0.3) is 0 Å². The van der Waals surface area contributed by atoms with Crippen LogP contribution >= 0.6 is 23.2 Å². The summed E-state index contributed by atoms with van der Waals surface area (Å²) in [6.07, 6.45) is 0. The summed E-state index contributed by atoms with van der Waals surface area (Å²) < 4.78 is 18.8. The van der Waals surface area contributed by atoms with E-state index in [-0.39, 0.29) is 23.2 Å². The van der Waals surface area contributed by atoms with Gasteiger partial charge in [0.25, 0.3) is 5.69 Å². The van der Waals surface area contributed by atoms with E-state index < -0.39 is 10.7 Å². The Balaban J connectivity index is 2.13. The minimum Gasteiger partial charge on any atom is -0.489 e. The molecular formula is C14H10Cl2FNO3. The Morgan fingerprint density at radius 3 is 2.62 bits per heavy atom. The van der Waals surface area contributed by atoms with Crippen LogP contribution in [0.15, 0.2) is 36.4 Å². The van der Waals surface area contributed by atoms with Crippen molar-refractivity contribution in [2.24, 2.45) is 0 Å². The third kappa shape index (κ3) is 4.06. The molecule has 0 spiro atoms. The fourth-order valence-corrected chi connectivity index (χ4v) is 2.09. The van der Waals surface area contributed by atoms with Gasteiger partial charge in [-0.25, -0.2) is 4.39 Å². The van der Waals surface area contributed by atoms with Gasteiger partial charge in [-0.2, -0.15) is 0 Å². The predicted molar refractivity (Wildman–Crippen MR) is 78.4 cm³/mol. The second-order valence-electron chi connectivity index (χ2n) is 4.25. The summed E-state index contributed by atoms with van der Waals surface area (Å²) in [7, 11) is 0. The summed E-state index contributed by atoms with van der Waals surface area (Å²) in [5.74, 6) is 0.0462. The van der Waals surface area contributed by atoms with E-state index in [4.69, 9.17) is 27.9 Å². The van der Waals surface area contributed by atoms with Gasteiger partial charge in [0.1, 0.15) is 18.2 Å². The molecule has 0 saturated carbocycles. The summed E-state index contributed by atoms with van der Waals surface area (Å²) in [6, 6.07) is 8.25. The number of hydrogen-bond acceptors (Lipinski definition) is 3. The van der Waals surface area contributed by atoms with Gasteiger partial charge in [-0.15, -0.1) is 11.6 Å². The first-order valence-electron chi connectivity index (χ1n) is 5.90. The molecule has 2 rings (SSSR count). The van der Waals surface area contributed by atoms with E-state index in [1.54, 1.807) is 6.07 Å². The lowest BCUT2D eigenvalue weighted by atomic mass is 10.2. The van der Waals surface area contributed by atoms with E-state index >= 15 is 0 Å². The van der Waals surface area contributed by atoms with Crippen molar-refractivity contribution in [2.45, 2.75) is 12.5 Å². The molecule has 21 heavy (non-hydrogen) atoms. The normalized spacial score (nSPS) is 10.4. The monoisotopic (exact) mass is 329 g/mol. The lowest BCUT2D eigenvalue weighted by molar-refractivity contribution is -0.384. The maximum Gasteiger partial charge on any atom is 0.270 e. The molecule has 0 bridgehead atoms. The van der Waals surface area contributed by atoms with E-state index in [2.05, 4.69) is 0 Å². The molecule has 0 aliphatic carbocycles. The highest BCUT2D eigenvalue weighted by Gasteiger charge is 2.10. The van der Waals surface area contributed by atoms with Crippen LogP contribution in [0.4, 0.5) is 10.1 Å². The fourth-order valence-electron chi connectivity index (χ4n) is 1.71. The number of nitrogens with zero attached hydrogens (tertiary/aromatic N) is 1. The zero-order chi connectivity index (χ0) is 15.4. The Hall–Kier alpha value is -1.85. The Kier molecular flexibility index (Phi) is 4.98. The molecule has 0 aromatic heterocycles. The van der Waals surface area contributed by atoms with Crippen molar-refractivity contribution in [3.63, 3.8) is 0 Å². The summed E-state index contributed by atoms with van der Waals surface area (Å²) in [4.78, 5) is 10.1. The van der Waals surface area contributed by atoms with Crippen LogP contribution in [-0.4, -0.2) is 4.92 Å². The molecule has 0 N–H and O–H groups in total. The number of alkyl halides is 1. The van der Waals surface area contributed by atoms with Gasteiger partial charge in [-0.1, -0.05) is 11.6 Å². The number of nitro groups is 1. The van der Waals surface area contributed by atoms with Crippen molar-refractivity contribution in [3.8, 4) is 5.75 Å². The first-order chi connectivity index (χ1) is 9.99. The van der Waals surface area contributed by atoms with E-state index in [1.807, 2.05) is 0 Å². The van der Waals surface area contributed by atoms with Gasteiger partial charge in [0, 0.05) is 29.6 Å². The molecule has 0 fully saturated rings. The van der Waals surface area contributed by atoms with Gasteiger partial charge < -0.3 is 4.74 Å². The van der Waals surface area contributed by atoms with E-state index in [0.717, 1.165) is 0 Å². The predicted octanol–water partition coefficient (Wildman–Crippen LogP) is 4.71. The number of nitro benzene ring substituents is 1. The van der Waals surface area contributed by atoms with Gasteiger partial charge >= 0.3 is 0 Å². The topological polar surface area (TPSA) is 52.4 Å². The fraction of sp³-hybridized carbons (Fsp3) is 0.143. The maximum atomic E-state index is 13.3. The van der Waals surface area contributed by atoms with Crippen LogP contribution < -0.4 is 4.74 Å². The Morgan fingerprint density at radius 2 is 2.00 bits per heavy atom. The van der Waals surface area contributed by atoms with Crippen molar-refractivity contribution in [2.75, 3.05) is 0 Å². The standard InChI is InChI=1S/C14H10Cl2FNO3/c15-7-9-3-11(17)5-13(4-9)21-8-10-1-2-12(18(19)20)6-14(10)16/h1-6H,7-8H2. The minimum atomic E-state index is -0.532. The zero-order valence-corrected chi connectivity index (χ0v) is 12.2. The Bertz CT molecular complexity index is 679. The molecule has 0 atom stereocenters. The van der Waals surface area contributed by atoms with Crippen LogP contribution in [0.2, 0.25) is 5.02 Å². The number of hydrogen-bond donors (Lipinski definition) is 0. The Labute approximate surface area is 130 Å². The van der Waals surface area contributed by atoms with Gasteiger partial charge in [0.05, 0.1) is 9.95 Å². The maximum absolute atomic E-state index is 13.3. The summed E-state index contributed by atoms with van der Waals surface area (Å²) in [6.45, 7) is 0.0714. The van der Waals surface area contributed by atoms with Crippen molar-refractivity contribution in [1.29, 1.82) is 0 Å². The van der Waals surface area contributed by atoms with Crippen LogP contribution in [0.1, 0.15) is 11.1 Å². The van der Waals surface area contributed by atoms with Crippen LogP contribution in [0.5, 0.6) is 5.75 Å². The number of benzene rings is 2. The quantitative estimate of drug-likeness (QED) is 0.453. The van der Waals surface area contributed by atoms with Crippen molar-refractivity contribution >= 4 is 28.9 Å². The van der Waals surface area contributed by atoms with Crippen molar-refractivity contribution < 1.29 is 14.1 Å². The third-order valence-electron chi connectivity index (χ3n) is 2.73. The molecule has 7 heteroatoms. The molecule has 0 aliphatic heterocycles. The van der Waals surface area contributed by atoms with Crippen molar-refractivity contribution in [1.82, 2.24) is 0 Å². The number of non-ortho nitro benzene ring substituents is 1. The summed E-state index contributed by atoms with van der Waals surface area (Å²) >= 11 is 11.6. The van der Waals surface area contributed by atoms with Crippen LogP contribution in [-0.2, 0) is 12.5 Å². The van der Waals surface area contributed by atoms with Gasteiger partial charge in [0.2, 0.25) is 0 Å². The minimum absolute atomic E-state index is 0.0714. The lowest BCUT2D eigenvalue weighted by Gasteiger charge is -2.09. The van der Waals surface area contributed by atoms with E-state index in [1.165, 1.54) is 30.3 Å². The number of rotatable bonds is 5. The van der Waals surface area contributed by atoms with Gasteiger partial charge in [0.15, 0.2) is 0 Å². The molecule has 4 nitrogen and oxygen atoms in total. The molecule has 0 amide bonds. The second kappa shape index (κ2) is 6.74. The summed E-state index contributed by atoms with van der Waals surface area (Å²) in [5, 5.41) is 10.8. The highest BCUT2D eigenvalue weighted by atomic mass is 35.5.